The van der Waals surface area contributed by atoms with E-state index in [1.807, 2.05) is 28.1 Å². The van der Waals surface area contributed by atoms with E-state index < -0.39 is 0 Å². The number of amides is 1. The van der Waals surface area contributed by atoms with Crippen molar-refractivity contribution in [1.29, 1.82) is 0 Å². The fraction of sp³-hybridized carbons (Fsp3) is 0.333. The summed E-state index contributed by atoms with van der Waals surface area (Å²) in [7, 11) is 0. The van der Waals surface area contributed by atoms with Crippen LogP contribution in [0.1, 0.15) is 30.5 Å². The number of hydrogen-bond acceptors (Lipinski definition) is 3. The summed E-state index contributed by atoms with van der Waals surface area (Å²) in [6.45, 7) is 0. The van der Waals surface area contributed by atoms with Crippen molar-refractivity contribution in [2.75, 3.05) is 0 Å². The van der Waals surface area contributed by atoms with Gasteiger partial charge in [-0.25, -0.2) is 4.98 Å². The minimum atomic E-state index is -0.196. The number of hydrogen-bond donors (Lipinski definition) is 1. The molecule has 0 unspecified atom stereocenters. The second kappa shape index (κ2) is 6.63. The van der Waals surface area contributed by atoms with Crippen LogP contribution in [0.2, 0.25) is 10.0 Å². The van der Waals surface area contributed by atoms with E-state index >= 15 is 0 Å². The highest BCUT2D eigenvalue weighted by atomic mass is 35.5. The average Bonchev–Trinajstić information content (AvgIpc) is 3.13. The topological polar surface area (TPSA) is 46.4 Å². The number of carbonyl (C=O) groups is 1. The number of imidazole rings is 1. The lowest BCUT2D eigenvalue weighted by Gasteiger charge is -2.43. The molecule has 0 spiro atoms. The zero-order valence-electron chi connectivity index (χ0n) is 13.5. The maximum atomic E-state index is 12.6. The number of nitrogens with one attached hydrogen (secondary N) is 1. The van der Waals surface area contributed by atoms with Crippen LogP contribution in [-0.2, 0) is 17.6 Å². The van der Waals surface area contributed by atoms with E-state index in [0.717, 1.165) is 41.9 Å². The third-order valence-corrected chi connectivity index (χ3v) is 6.31. The number of aromatic nitrogens is 2. The summed E-state index contributed by atoms with van der Waals surface area (Å²) in [5.74, 6) is 0.0400. The van der Waals surface area contributed by atoms with Crippen LogP contribution in [0.5, 0.6) is 0 Å². The van der Waals surface area contributed by atoms with E-state index in [2.05, 4.69) is 10.3 Å². The normalized spacial score (nSPS) is 15.9. The lowest BCUT2D eigenvalue weighted by molar-refractivity contribution is -0.123. The molecular weight excluding hydrogens is 377 g/mol. The van der Waals surface area contributed by atoms with Crippen molar-refractivity contribution in [3.63, 3.8) is 0 Å². The van der Waals surface area contributed by atoms with Gasteiger partial charge in [-0.3, -0.25) is 9.20 Å². The lowest BCUT2D eigenvalue weighted by Crippen LogP contribution is -2.55. The molecule has 3 aromatic rings. The van der Waals surface area contributed by atoms with Crippen LogP contribution in [0.25, 0.3) is 4.96 Å². The van der Waals surface area contributed by atoms with Crippen molar-refractivity contribution in [3.05, 3.63) is 57.3 Å². The molecule has 130 valence electrons. The highest BCUT2D eigenvalue weighted by Gasteiger charge is 2.38. The Morgan fingerprint density at radius 2 is 2.20 bits per heavy atom. The second-order valence-corrected chi connectivity index (χ2v) is 8.26. The van der Waals surface area contributed by atoms with Gasteiger partial charge in [-0.1, -0.05) is 29.3 Å². The monoisotopic (exact) mass is 393 g/mol. The predicted molar refractivity (Wildman–Crippen MR) is 102 cm³/mol. The van der Waals surface area contributed by atoms with Crippen LogP contribution in [0.4, 0.5) is 0 Å². The van der Waals surface area contributed by atoms with Crippen LogP contribution in [-0.4, -0.2) is 20.8 Å². The van der Waals surface area contributed by atoms with Gasteiger partial charge in [0.1, 0.15) is 0 Å². The average molecular weight is 394 g/mol. The Hall–Kier alpha value is -1.56. The molecule has 0 saturated heterocycles. The number of nitrogens with zero attached hydrogens (tertiary/aromatic N) is 2. The number of rotatable bonds is 5. The van der Waals surface area contributed by atoms with Crippen LogP contribution in [0.15, 0.2) is 36.0 Å². The summed E-state index contributed by atoms with van der Waals surface area (Å²) in [6, 6.07) is 5.55. The zero-order chi connectivity index (χ0) is 17.4. The molecule has 1 saturated carbocycles. The maximum Gasteiger partial charge on any atom is 0.226 e. The fourth-order valence-corrected chi connectivity index (χ4v) is 4.71. The summed E-state index contributed by atoms with van der Waals surface area (Å²) in [6.07, 6.45) is 7.80. The van der Waals surface area contributed by atoms with Gasteiger partial charge < -0.3 is 5.32 Å². The van der Waals surface area contributed by atoms with E-state index in [-0.39, 0.29) is 11.4 Å². The molecular formula is C18H17Cl2N3OS. The summed E-state index contributed by atoms with van der Waals surface area (Å²) < 4.78 is 1.97. The van der Waals surface area contributed by atoms with Gasteiger partial charge in [0.05, 0.1) is 6.42 Å². The second-order valence-electron chi connectivity index (χ2n) is 6.58. The van der Waals surface area contributed by atoms with Crippen molar-refractivity contribution in [1.82, 2.24) is 14.7 Å². The number of halogens is 2. The van der Waals surface area contributed by atoms with Crippen LogP contribution < -0.4 is 5.32 Å². The van der Waals surface area contributed by atoms with E-state index in [1.54, 1.807) is 23.6 Å². The van der Waals surface area contributed by atoms with Gasteiger partial charge in [0.25, 0.3) is 0 Å². The minimum absolute atomic E-state index is 0.0400. The first-order chi connectivity index (χ1) is 12.0. The third kappa shape index (κ3) is 3.41. The van der Waals surface area contributed by atoms with Gasteiger partial charge in [-0.2, -0.15) is 0 Å². The van der Waals surface area contributed by atoms with Gasteiger partial charge in [0, 0.05) is 39.1 Å². The third-order valence-electron chi connectivity index (χ3n) is 4.82. The van der Waals surface area contributed by atoms with Crippen molar-refractivity contribution in [2.24, 2.45) is 0 Å². The molecule has 0 atom stereocenters. The zero-order valence-corrected chi connectivity index (χ0v) is 15.8. The smallest absolute Gasteiger partial charge is 0.226 e. The Bertz CT molecular complexity index is 929. The molecule has 1 amide bonds. The standard InChI is InChI=1S/C18H17Cl2N3OS/c19-13-3-2-12(15(20)8-13)10-18(4-1-5-18)22-16(24)9-14-11-25-17-21-6-7-23(14)17/h2-3,6-8,11H,1,4-5,9-10H2,(H,22,24). The first kappa shape index (κ1) is 16.9. The number of fused-ring (bicyclic) bond motifs is 1. The Morgan fingerprint density at radius 1 is 1.36 bits per heavy atom. The molecule has 1 fully saturated rings. The van der Waals surface area contributed by atoms with Gasteiger partial charge in [0.15, 0.2) is 4.96 Å². The first-order valence-electron chi connectivity index (χ1n) is 8.19. The highest BCUT2D eigenvalue weighted by Crippen LogP contribution is 2.37. The number of benzene rings is 1. The SMILES string of the molecule is O=C(Cc1csc2nccn12)NC1(Cc2ccc(Cl)cc2Cl)CCC1. The van der Waals surface area contributed by atoms with Crippen LogP contribution >= 0.6 is 34.5 Å². The van der Waals surface area contributed by atoms with Crippen molar-refractivity contribution in [2.45, 2.75) is 37.6 Å². The summed E-state index contributed by atoms with van der Waals surface area (Å²) in [5.41, 5.74) is 1.80. The first-order valence-corrected chi connectivity index (χ1v) is 9.83. The summed E-state index contributed by atoms with van der Waals surface area (Å²) in [4.78, 5) is 17.8. The molecule has 25 heavy (non-hydrogen) atoms. The molecule has 1 aromatic carbocycles. The largest absolute Gasteiger partial charge is 0.350 e. The number of carbonyl (C=O) groups excluding carboxylic acids is 1. The molecule has 4 nitrogen and oxygen atoms in total. The Labute approximate surface area is 159 Å². The molecule has 4 rings (SSSR count). The lowest BCUT2D eigenvalue weighted by atomic mass is 9.72. The Balaban J connectivity index is 1.47. The highest BCUT2D eigenvalue weighted by molar-refractivity contribution is 7.15. The van der Waals surface area contributed by atoms with Gasteiger partial charge >= 0.3 is 0 Å². The maximum absolute atomic E-state index is 12.6. The van der Waals surface area contributed by atoms with E-state index in [0.29, 0.717) is 16.5 Å². The van der Waals surface area contributed by atoms with Crippen molar-refractivity contribution in [3.8, 4) is 0 Å². The van der Waals surface area contributed by atoms with Crippen LogP contribution in [0, 0.1) is 0 Å². The van der Waals surface area contributed by atoms with Gasteiger partial charge in [-0.05, 0) is 43.4 Å². The van der Waals surface area contributed by atoms with Crippen LogP contribution in [0.3, 0.4) is 0 Å². The molecule has 0 bridgehead atoms. The van der Waals surface area contributed by atoms with Gasteiger partial charge in [0.2, 0.25) is 5.91 Å². The Kier molecular flexibility index (Phi) is 4.48. The molecule has 0 aliphatic heterocycles. The molecule has 2 aromatic heterocycles. The molecule has 1 aliphatic carbocycles. The molecule has 7 heteroatoms. The summed E-state index contributed by atoms with van der Waals surface area (Å²) in [5, 5.41) is 6.53. The summed E-state index contributed by atoms with van der Waals surface area (Å²) >= 11 is 13.8. The van der Waals surface area contributed by atoms with E-state index in [1.165, 1.54) is 0 Å². The van der Waals surface area contributed by atoms with Crippen molar-refractivity contribution >= 4 is 45.4 Å². The van der Waals surface area contributed by atoms with E-state index in [9.17, 15) is 4.79 Å². The minimum Gasteiger partial charge on any atom is -0.350 e. The predicted octanol–water partition coefficient (Wildman–Crippen LogP) is 4.53. The van der Waals surface area contributed by atoms with E-state index in [4.69, 9.17) is 23.2 Å². The molecule has 0 radical (unpaired) electrons. The molecule has 1 aliphatic rings. The van der Waals surface area contributed by atoms with Crippen molar-refractivity contribution < 1.29 is 4.79 Å². The number of thiazole rings is 1. The quantitative estimate of drug-likeness (QED) is 0.691. The fourth-order valence-electron chi connectivity index (χ4n) is 3.38. The Morgan fingerprint density at radius 3 is 2.92 bits per heavy atom. The molecule has 1 N–H and O–H groups in total. The van der Waals surface area contributed by atoms with Gasteiger partial charge in [-0.15, -0.1) is 11.3 Å². The molecule has 2 heterocycles.